The van der Waals surface area contributed by atoms with Crippen LogP contribution in [0.15, 0.2) is 41.0 Å². The predicted molar refractivity (Wildman–Crippen MR) is 80.6 cm³/mol. The highest BCUT2D eigenvalue weighted by Gasteiger charge is 2.16. The molecule has 19 heavy (non-hydrogen) atoms. The molecule has 98 valence electrons. The van der Waals surface area contributed by atoms with Crippen molar-refractivity contribution in [2.24, 2.45) is 0 Å². The number of nitrogens with two attached hydrogens (primary N) is 1. The smallest absolute Gasteiger partial charge is 0.0544 e. The maximum Gasteiger partial charge on any atom is 0.0544 e. The van der Waals surface area contributed by atoms with Gasteiger partial charge in [-0.2, -0.15) is 0 Å². The normalized spacial score (nSPS) is 15.2. The number of benzene rings is 1. The average Bonchev–Trinajstić information content (AvgIpc) is 2.41. The standard InChI is InChI=1S/C15H16BrN3/c16-13-2-4-15(18-8-13)10-19-6-5-11-1-3-14(17)7-12(11)9-19/h1-4,7-8H,5-6,9-10,17H2. The lowest BCUT2D eigenvalue weighted by Crippen LogP contribution is -2.30. The van der Waals surface area contributed by atoms with Gasteiger partial charge in [0.1, 0.15) is 0 Å². The molecule has 0 saturated heterocycles. The van der Waals surface area contributed by atoms with Gasteiger partial charge in [0.25, 0.3) is 0 Å². The number of hydrogen-bond donors (Lipinski definition) is 1. The largest absolute Gasteiger partial charge is 0.399 e. The SMILES string of the molecule is Nc1ccc2c(c1)CN(Cc1ccc(Br)cn1)CC2. The van der Waals surface area contributed by atoms with Crippen LogP contribution < -0.4 is 5.73 Å². The van der Waals surface area contributed by atoms with Gasteiger partial charge in [0.2, 0.25) is 0 Å². The fourth-order valence-corrected chi connectivity index (χ4v) is 2.73. The summed E-state index contributed by atoms with van der Waals surface area (Å²) in [6, 6.07) is 10.3. The topological polar surface area (TPSA) is 42.1 Å². The lowest BCUT2D eigenvalue weighted by molar-refractivity contribution is 0.243. The van der Waals surface area contributed by atoms with Crippen LogP contribution in [0.2, 0.25) is 0 Å². The number of anilines is 1. The zero-order valence-corrected chi connectivity index (χ0v) is 12.2. The molecular weight excluding hydrogens is 302 g/mol. The van der Waals surface area contributed by atoms with E-state index in [1.54, 1.807) is 0 Å². The van der Waals surface area contributed by atoms with Gasteiger partial charge in [-0.1, -0.05) is 6.07 Å². The van der Waals surface area contributed by atoms with Crippen LogP contribution in [0.5, 0.6) is 0 Å². The van der Waals surface area contributed by atoms with E-state index in [2.05, 4.69) is 44.0 Å². The molecule has 0 aliphatic carbocycles. The summed E-state index contributed by atoms with van der Waals surface area (Å²) in [6.45, 7) is 2.92. The molecule has 0 saturated carbocycles. The quantitative estimate of drug-likeness (QED) is 0.866. The Morgan fingerprint density at radius 1 is 1.21 bits per heavy atom. The Morgan fingerprint density at radius 2 is 2.11 bits per heavy atom. The molecule has 0 bridgehead atoms. The highest BCUT2D eigenvalue weighted by Crippen LogP contribution is 2.22. The lowest BCUT2D eigenvalue weighted by Gasteiger charge is -2.28. The van der Waals surface area contributed by atoms with E-state index in [1.807, 2.05) is 18.3 Å². The van der Waals surface area contributed by atoms with Crippen LogP contribution in [-0.2, 0) is 19.5 Å². The number of hydrogen-bond acceptors (Lipinski definition) is 3. The third kappa shape index (κ3) is 2.96. The highest BCUT2D eigenvalue weighted by atomic mass is 79.9. The minimum Gasteiger partial charge on any atom is -0.399 e. The second-order valence-corrected chi connectivity index (χ2v) is 5.87. The molecular formula is C15H16BrN3. The van der Waals surface area contributed by atoms with Crippen molar-refractivity contribution in [3.05, 3.63) is 57.8 Å². The molecule has 1 aromatic heterocycles. The Balaban J connectivity index is 1.73. The molecule has 0 spiro atoms. The van der Waals surface area contributed by atoms with Crippen LogP contribution >= 0.6 is 15.9 Å². The molecule has 3 nitrogen and oxygen atoms in total. The molecule has 2 aromatic rings. The number of halogens is 1. The first-order chi connectivity index (χ1) is 9.20. The van der Waals surface area contributed by atoms with Crippen molar-refractivity contribution in [3.63, 3.8) is 0 Å². The second kappa shape index (κ2) is 5.31. The molecule has 0 amide bonds. The van der Waals surface area contributed by atoms with E-state index >= 15 is 0 Å². The van der Waals surface area contributed by atoms with Crippen molar-refractivity contribution in [2.75, 3.05) is 12.3 Å². The first-order valence-corrected chi connectivity index (χ1v) is 7.20. The van der Waals surface area contributed by atoms with Crippen LogP contribution in [-0.4, -0.2) is 16.4 Å². The highest BCUT2D eigenvalue weighted by molar-refractivity contribution is 9.10. The van der Waals surface area contributed by atoms with E-state index in [0.717, 1.165) is 41.9 Å². The Labute approximate surface area is 121 Å². The van der Waals surface area contributed by atoms with Gasteiger partial charge in [-0.3, -0.25) is 9.88 Å². The van der Waals surface area contributed by atoms with Crippen molar-refractivity contribution in [1.29, 1.82) is 0 Å². The summed E-state index contributed by atoms with van der Waals surface area (Å²) < 4.78 is 1.02. The minimum atomic E-state index is 0.849. The summed E-state index contributed by atoms with van der Waals surface area (Å²) in [5, 5.41) is 0. The van der Waals surface area contributed by atoms with Gasteiger partial charge < -0.3 is 5.73 Å². The van der Waals surface area contributed by atoms with Crippen LogP contribution in [0, 0.1) is 0 Å². The van der Waals surface area contributed by atoms with Crippen LogP contribution in [0.3, 0.4) is 0 Å². The molecule has 2 heterocycles. The maximum atomic E-state index is 5.86. The monoisotopic (exact) mass is 317 g/mol. The molecule has 1 aromatic carbocycles. The lowest BCUT2D eigenvalue weighted by atomic mass is 9.99. The van der Waals surface area contributed by atoms with Gasteiger partial charge in [0, 0.05) is 36.0 Å². The number of rotatable bonds is 2. The molecule has 0 radical (unpaired) electrons. The molecule has 1 aliphatic rings. The second-order valence-electron chi connectivity index (χ2n) is 4.96. The van der Waals surface area contributed by atoms with E-state index in [1.165, 1.54) is 11.1 Å². The van der Waals surface area contributed by atoms with E-state index in [-0.39, 0.29) is 0 Å². The molecule has 2 N–H and O–H groups in total. The Kier molecular flexibility index (Phi) is 3.53. The third-order valence-electron chi connectivity index (χ3n) is 3.50. The van der Waals surface area contributed by atoms with Gasteiger partial charge in [-0.05, 0) is 57.7 Å². The van der Waals surface area contributed by atoms with Crippen molar-refractivity contribution in [2.45, 2.75) is 19.5 Å². The van der Waals surface area contributed by atoms with Crippen LogP contribution in [0.1, 0.15) is 16.8 Å². The number of fused-ring (bicyclic) bond motifs is 1. The molecule has 0 unspecified atom stereocenters. The predicted octanol–water partition coefficient (Wildman–Crippen LogP) is 2.98. The number of aromatic nitrogens is 1. The Morgan fingerprint density at radius 3 is 2.89 bits per heavy atom. The van der Waals surface area contributed by atoms with Crippen molar-refractivity contribution in [3.8, 4) is 0 Å². The van der Waals surface area contributed by atoms with Crippen LogP contribution in [0.25, 0.3) is 0 Å². The van der Waals surface area contributed by atoms with Crippen molar-refractivity contribution >= 4 is 21.6 Å². The molecule has 0 fully saturated rings. The van der Waals surface area contributed by atoms with E-state index in [0.29, 0.717) is 0 Å². The summed E-state index contributed by atoms with van der Waals surface area (Å²) in [4.78, 5) is 6.85. The summed E-state index contributed by atoms with van der Waals surface area (Å²) in [6.07, 6.45) is 2.94. The summed E-state index contributed by atoms with van der Waals surface area (Å²) in [5.41, 5.74) is 10.6. The van der Waals surface area contributed by atoms with Crippen molar-refractivity contribution in [1.82, 2.24) is 9.88 Å². The number of nitrogens with zero attached hydrogens (tertiary/aromatic N) is 2. The Hall–Kier alpha value is -1.39. The zero-order chi connectivity index (χ0) is 13.2. The third-order valence-corrected chi connectivity index (χ3v) is 3.96. The number of nitrogen functional groups attached to an aromatic ring is 1. The fourth-order valence-electron chi connectivity index (χ4n) is 2.50. The summed E-state index contributed by atoms with van der Waals surface area (Å²) in [5.74, 6) is 0. The maximum absolute atomic E-state index is 5.86. The van der Waals surface area contributed by atoms with E-state index in [4.69, 9.17) is 5.73 Å². The van der Waals surface area contributed by atoms with Gasteiger partial charge in [-0.15, -0.1) is 0 Å². The first-order valence-electron chi connectivity index (χ1n) is 6.41. The van der Waals surface area contributed by atoms with Gasteiger partial charge in [0.05, 0.1) is 5.69 Å². The van der Waals surface area contributed by atoms with Gasteiger partial charge >= 0.3 is 0 Å². The van der Waals surface area contributed by atoms with Crippen LogP contribution in [0.4, 0.5) is 5.69 Å². The minimum absolute atomic E-state index is 0.849. The summed E-state index contributed by atoms with van der Waals surface area (Å²) in [7, 11) is 0. The van der Waals surface area contributed by atoms with Gasteiger partial charge in [-0.25, -0.2) is 0 Å². The van der Waals surface area contributed by atoms with Crippen molar-refractivity contribution < 1.29 is 0 Å². The first kappa shape index (κ1) is 12.6. The number of pyridine rings is 1. The summed E-state index contributed by atoms with van der Waals surface area (Å²) >= 11 is 3.41. The average molecular weight is 318 g/mol. The van der Waals surface area contributed by atoms with E-state index < -0.39 is 0 Å². The molecule has 3 rings (SSSR count). The molecule has 0 atom stereocenters. The fraction of sp³-hybridized carbons (Fsp3) is 0.267. The Bertz CT molecular complexity index is 580. The molecule has 1 aliphatic heterocycles. The molecule has 4 heteroatoms. The zero-order valence-electron chi connectivity index (χ0n) is 10.6. The van der Waals surface area contributed by atoms with E-state index in [9.17, 15) is 0 Å². The van der Waals surface area contributed by atoms with Gasteiger partial charge in [0.15, 0.2) is 0 Å².